The van der Waals surface area contributed by atoms with Gasteiger partial charge in [-0.3, -0.25) is 4.98 Å². The number of aromatic nitrogens is 3. The van der Waals surface area contributed by atoms with Gasteiger partial charge in [0.15, 0.2) is 0 Å². The second-order valence-corrected chi connectivity index (χ2v) is 5.68. The summed E-state index contributed by atoms with van der Waals surface area (Å²) in [7, 11) is -1.41. The van der Waals surface area contributed by atoms with Gasteiger partial charge >= 0.3 is 0 Å². The first-order valence-corrected chi connectivity index (χ1v) is 7.35. The number of rotatable bonds is 3. The van der Waals surface area contributed by atoms with Crippen LogP contribution in [0.25, 0.3) is 11.0 Å². The fourth-order valence-corrected chi connectivity index (χ4v) is 3.51. The fraction of sp³-hybridized carbons (Fsp3) is 0.0909. The Labute approximate surface area is 109 Å². The Hall–Kier alpha value is -1.60. The van der Waals surface area contributed by atoms with Crippen molar-refractivity contribution in [2.45, 2.75) is 5.75 Å². The molecule has 0 bridgehead atoms. The Bertz CT molecular complexity index is 722. The summed E-state index contributed by atoms with van der Waals surface area (Å²) in [6, 6.07) is 2.82. The molecule has 0 radical (unpaired) electrons. The fourth-order valence-electron chi connectivity index (χ4n) is 1.60. The molecule has 0 spiro atoms. The summed E-state index contributed by atoms with van der Waals surface area (Å²) in [6.07, 6.45) is 3.00. The predicted molar refractivity (Wildman–Crippen MR) is 69.0 cm³/mol. The van der Waals surface area contributed by atoms with Crippen LogP contribution in [0, 0.1) is 5.82 Å². The minimum atomic E-state index is -1.41. The Morgan fingerprint density at radius 3 is 3.11 bits per heavy atom. The molecule has 3 aromatic rings. The maximum Gasteiger partial charge on any atom is 0.145 e. The molecule has 3 heterocycles. The normalized spacial score (nSPS) is 12.9. The molecule has 18 heavy (non-hydrogen) atoms. The van der Waals surface area contributed by atoms with E-state index in [1.165, 1.54) is 36.0 Å². The van der Waals surface area contributed by atoms with Crippen molar-refractivity contribution >= 4 is 33.4 Å². The van der Waals surface area contributed by atoms with E-state index in [-0.39, 0.29) is 11.4 Å². The Morgan fingerprint density at radius 1 is 1.39 bits per heavy atom. The van der Waals surface area contributed by atoms with Gasteiger partial charge in [0.1, 0.15) is 28.6 Å². The van der Waals surface area contributed by atoms with Gasteiger partial charge in [-0.1, -0.05) is 0 Å². The SMILES string of the molecule is O=S(Cc1ncccc1F)n1cnc2cscc21. The molecule has 0 amide bonds. The van der Waals surface area contributed by atoms with Crippen LogP contribution in [0.2, 0.25) is 0 Å². The number of hydrogen-bond donors (Lipinski definition) is 0. The van der Waals surface area contributed by atoms with Gasteiger partial charge in [0.05, 0.1) is 17.0 Å². The van der Waals surface area contributed by atoms with Gasteiger partial charge in [-0.25, -0.2) is 17.6 Å². The van der Waals surface area contributed by atoms with Crippen molar-refractivity contribution in [2.75, 3.05) is 0 Å². The third-order valence-corrected chi connectivity index (χ3v) is 4.44. The Balaban J connectivity index is 1.93. The van der Waals surface area contributed by atoms with Crippen LogP contribution in [0.15, 0.2) is 35.4 Å². The predicted octanol–water partition coefficient (Wildman–Crippen LogP) is 2.34. The van der Waals surface area contributed by atoms with Crippen molar-refractivity contribution in [3.63, 3.8) is 0 Å². The van der Waals surface area contributed by atoms with Crippen molar-refractivity contribution in [3.8, 4) is 0 Å². The van der Waals surface area contributed by atoms with E-state index in [1.54, 1.807) is 3.97 Å². The number of halogens is 1. The van der Waals surface area contributed by atoms with Gasteiger partial charge in [-0.2, -0.15) is 0 Å². The largest absolute Gasteiger partial charge is 0.257 e. The lowest BCUT2D eigenvalue weighted by molar-refractivity contribution is 0.605. The maximum absolute atomic E-state index is 13.4. The Kier molecular flexibility index (Phi) is 2.92. The lowest BCUT2D eigenvalue weighted by Crippen LogP contribution is -2.08. The molecule has 0 aliphatic heterocycles. The van der Waals surface area contributed by atoms with E-state index in [0.717, 1.165) is 11.0 Å². The van der Waals surface area contributed by atoms with Crippen molar-refractivity contribution in [2.24, 2.45) is 0 Å². The quantitative estimate of drug-likeness (QED) is 0.740. The molecule has 7 heteroatoms. The standard InChI is InChI=1S/C11H8FN3OS2/c12-8-2-1-3-13-10(8)6-18(16)15-7-14-9-4-17-5-11(9)15/h1-5,7H,6H2. The molecule has 3 aromatic heterocycles. The molecule has 3 rings (SSSR count). The molecule has 0 saturated carbocycles. The third kappa shape index (κ3) is 1.95. The van der Waals surface area contributed by atoms with Crippen LogP contribution in [0.1, 0.15) is 5.69 Å². The Morgan fingerprint density at radius 2 is 2.28 bits per heavy atom. The van der Waals surface area contributed by atoms with Crippen molar-refractivity contribution < 1.29 is 8.60 Å². The van der Waals surface area contributed by atoms with Crippen LogP contribution in [-0.4, -0.2) is 18.1 Å². The minimum absolute atomic E-state index is 0.0357. The van der Waals surface area contributed by atoms with Crippen molar-refractivity contribution in [1.29, 1.82) is 0 Å². The van der Waals surface area contributed by atoms with Crippen LogP contribution in [-0.2, 0) is 16.7 Å². The number of pyridine rings is 1. The highest BCUT2D eigenvalue weighted by atomic mass is 32.2. The summed E-state index contributed by atoms with van der Waals surface area (Å²) in [6.45, 7) is 0. The molecule has 0 saturated heterocycles. The first-order valence-electron chi connectivity index (χ1n) is 5.13. The summed E-state index contributed by atoms with van der Waals surface area (Å²) < 4.78 is 27.1. The molecular weight excluding hydrogens is 273 g/mol. The second kappa shape index (κ2) is 4.58. The first kappa shape index (κ1) is 11.5. The highest BCUT2D eigenvalue weighted by Gasteiger charge is 2.12. The van der Waals surface area contributed by atoms with Crippen molar-refractivity contribution in [3.05, 3.63) is 46.9 Å². The average Bonchev–Trinajstić information content (AvgIpc) is 2.93. The average molecular weight is 281 g/mol. The smallest absolute Gasteiger partial charge is 0.145 e. The van der Waals surface area contributed by atoms with E-state index in [0.29, 0.717) is 0 Å². The van der Waals surface area contributed by atoms with Crippen LogP contribution in [0.3, 0.4) is 0 Å². The molecule has 1 unspecified atom stereocenters. The van der Waals surface area contributed by atoms with Gasteiger partial charge in [0, 0.05) is 17.0 Å². The number of nitrogens with zero attached hydrogens (tertiary/aromatic N) is 3. The van der Waals surface area contributed by atoms with E-state index in [9.17, 15) is 8.60 Å². The molecular formula is C11H8FN3OS2. The molecule has 92 valence electrons. The lowest BCUT2D eigenvalue weighted by Gasteiger charge is -2.03. The van der Waals surface area contributed by atoms with Crippen molar-refractivity contribution in [1.82, 2.24) is 13.9 Å². The summed E-state index contributed by atoms with van der Waals surface area (Å²) in [5.41, 5.74) is 1.80. The maximum atomic E-state index is 13.4. The van der Waals surface area contributed by atoms with Crippen LogP contribution >= 0.6 is 11.3 Å². The molecule has 4 nitrogen and oxygen atoms in total. The van der Waals surface area contributed by atoms with E-state index in [1.807, 2.05) is 10.8 Å². The number of fused-ring (bicyclic) bond motifs is 1. The lowest BCUT2D eigenvalue weighted by atomic mass is 10.4. The van der Waals surface area contributed by atoms with E-state index in [2.05, 4.69) is 9.97 Å². The number of thiophene rings is 1. The molecule has 0 N–H and O–H groups in total. The van der Waals surface area contributed by atoms with Gasteiger partial charge in [0.25, 0.3) is 0 Å². The van der Waals surface area contributed by atoms with Crippen LogP contribution < -0.4 is 0 Å². The summed E-state index contributed by atoms with van der Waals surface area (Å²) in [5.74, 6) is -0.402. The zero-order chi connectivity index (χ0) is 12.5. The van der Waals surface area contributed by atoms with E-state index < -0.39 is 16.8 Å². The van der Waals surface area contributed by atoms with Gasteiger partial charge in [-0.15, -0.1) is 11.3 Å². The van der Waals surface area contributed by atoms with E-state index >= 15 is 0 Å². The molecule has 0 aliphatic carbocycles. The summed E-state index contributed by atoms with van der Waals surface area (Å²) >= 11 is 1.49. The number of imidazole rings is 1. The second-order valence-electron chi connectivity index (χ2n) is 3.61. The van der Waals surface area contributed by atoms with E-state index in [4.69, 9.17) is 0 Å². The highest BCUT2D eigenvalue weighted by molar-refractivity contribution is 7.82. The first-order chi connectivity index (χ1) is 8.75. The molecule has 0 aromatic carbocycles. The highest BCUT2D eigenvalue weighted by Crippen LogP contribution is 2.19. The zero-order valence-electron chi connectivity index (χ0n) is 9.12. The monoisotopic (exact) mass is 281 g/mol. The van der Waals surface area contributed by atoms with Crippen LogP contribution in [0.5, 0.6) is 0 Å². The summed E-state index contributed by atoms with van der Waals surface area (Å²) in [5, 5.41) is 3.75. The summed E-state index contributed by atoms with van der Waals surface area (Å²) in [4.78, 5) is 8.03. The number of hydrogen-bond acceptors (Lipinski definition) is 4. The van der Waals surface area contributed by atoms with Gasteiger partial charge < -0.3 is 0 Å². The molecule has 0 aliphatic rings. The van der Waals surface area contributed by atoms with Gasteiger partial charge in [0.2, 0.25) is 0 Å². The third-order valence-electron chi connectivity index (χ3n) is 2.48. The zero-order valence-corrected chi connectivity index (χ0v) is 10.7. The minimum Gasteiger partial charge on any atom is -0.257 e. The molecule has 1 atom stereocenters. The topological polar surface area (TPSA) is 47.8 Å². The molecule has 0 fully saturated rings. The van der Waals surface area contributed by atoms with Crippen LogP contribution in [0.4, 0.5) is 4.39 Å². The van der Waals surface area contributed by atoms with Gasteiger partial charge in [-0.05, 0) is 12.1 Å².